The predicted octanol–water partition coefficient (Wildman–Crippen LogP) is 2.58. The first-order valence-electron chi connectivity index (χ1n) is 6.18. The van der Waals surface area contributed by atoms with Crippen LogP contribution in [0.2, 0.25) is 5.02 Å². The van der Waals surface area contributed by atoms with Crippen LogP contribution in [0.4, 0.5) is 10.1 Å². The maximum atomic E-state index is 13.6. The SMILES string of the molecule is Nc1cccc(F)c1S(=O)(=O)NCCc1cccc(Cl)c1. The molecule has 21 heavy (non-hydrogen) atoms. The minimum Gasteiger partial charge on any atom is -0.398 e. The molecule has 0 bridgehead atoms. The Morgan fingerprint density at radius 1 is 1.19 bits per heavy atom. The second kappa shape index (κ2) is 6.43. The number of hydrogen-bond acceptors (Lipinski definition) is 3. The van der Waals surface area contributed by atoms with Crippen LogP contribution in [0.25, 0.3) is 0 Å². The molecule has 3 N–H and O–H groups in total. The van der Waals surface area contributed by atoms with E-state index < -0.39 is 20.7 Å². The molecule has 2 aromatic carbocycles. The highest BCUT2D eigenvalue weighted by atomic mass is 35.5. The standard InChI is InChI=1S/C14H14ClFN2O2S/c15-11-4-1-3-10(9-11)7-8-18-21(19,20)14-12(16)5-2-6-13(14)17/h1-6,9,18H,7-8,17H2. The average molecular weight is 329 g/mol. The summed E-state index contributed by atoms with van der Waals surface area (Å²) >= 11 is 5.85. The summed E-state index contributed by atoms with van der Waals surface area (Å²) in [5.41, 5.74) is 6.29. The quantitative estimate of drug-likeness (QED) is 0.829. The molecular formula is C14H14ClFN2O2S. The van der Waals surface area contributed by atoms with E-state index in [4.69, 9.17) is 17.3 Å². The molecule has 0 atom stereocenters. The fourth-order valence-electron chi connectivity index (χ4n) is 1.90. The van der Waals surface area contributed by atoms with E-state index in [0.717, 1.165) is 11.6 Å². The molecule has 0 aliphatic carbocycles. The Morgan fingerprint density at radius 2 is 1.90 bits per heavy atom. The number of benzene rings is 2. The van der Waals surface area contributed by atoms with Gasteiger partial charge in [-0.05, 0) is 36.2 Å². The highest BCUT2D eigenvalue weighted by molar-refractivity contribution is 7.89. The number of hydrogen-bond donors (Lipinski definition) is 2. The third kappa shape index (κ3) is 3.93. The molecule has 0 fully saturated rings. The second-order valence-corrected chi connectivity index (χ2v) is 6.58. The third-order valence-electron chi connectivity index (χ3n) is 2.86. The summed E-state index contributed by atoms with van der Waals surface area (Å²) in [5.74, 6) is -0.870. The summed E-state index contributed by atoms with van der Waals surface area (Å²) in [7, 11) is -3.98. The molecule has 2 aromatic rings. The van der Waals surface area contributed by atoms with Crippen LogP contribution in [0.5, 0.6) is 0 Å². The van der Waals surface area contributed by atoms with Crippen molar-refractivity contribution in [3.63, 3.8) is 0 Å². The van der Waals surface area contributed by atoms with E-state index in [9.17, 15) is 12.8 Å². The number of nitrogen functional groups attached to an aromatic ring is 1. The topological polar surface area (TPSA) is 72.2 Å². The second-order valence-electron chi connectivity index (χ2n) is 4.44. The lowest BCUT2D eigenvalue weighted by Gasteiger charge is -2.10. The summed E-state index contributed by atoms with van der Waals surface area (Å²) in [6.07, 6.45) is 0.439. The van der Waals surface area contributed by atoms with Gasteiger partial charge in [0.25, 0.3) is 0 Å². The van der Waals surface area contributed by atoms with Gasteiger partial charge in [0.1, 0.15) is 10.7 Å². The molecule has 7 heteroatoms. The highest BCUT2D eigenvalue weighted by Crippen LogP contribution is 2.21. The van der Waals surface area contributed by atoms with Gasteiger partial charge in [-0.2, -0.15) is 0 Å². The zero-order valence-electron chi connectivity index (χ0n) is 11.0. The van der Waals surface area contributed by atoms with Gasteiger partial charge < -0.3 is 5.73 Å². The van der Waals surface area contributed by atoms with Crippen LogP contribution in [0.1, 0.15) is 5.56 Å². The summed E-state index contributed by atoms with van der Waals surface area (Å²) < 4.78 is 40.1. The Bertz CT molecular complexity index is 730. The highest BCUT2D eigenvalue weighted by Gasteiger charge is 2.21. The largest absolute Gasteiger partial charge is 0.398 e. The third-order valence-corrected chi connectivity index (χ3v) is 4.65. The van der Waals surface area contributed by atoms with E-state index in [2.05, 4.69) is 4.72 Å². The van der Waals surface area contributed by atoms with Crippen molar-refractivity contribution in [1.82, 2.24) is 4.72 Å². The lowest BCUT2D eigenvalue weighted by atomic mass is 10.2. The van der Waals surface area contributed by atoms with Gasteiger partial charge >= 0.3 is 0 Å². The molecule has 2 rings (SSSR count). The van der Waals surface area contributed by atoms with Crippen molar-refractivity contribution >= 4 is 27.3 Å². The van der Waals surface area contributed by atoms with Crippen molar-refractivity contribution in [3.05, 3.63) is 58.9 Å². The number of sulfonamides is 1. The van der Waals surface area contributed by atoms with E-state index in [0.29, 0.717) is 11.4 Å². The monoisotopic (exact) mass is 328 g/mol. The van der Waals surface area contributed by atoms with Crippen LogP contribution in [0.15, 0.2) is 47.4 Å². The Labute approximate surface area is 127 Å². The van der Waals surface area contributed by atoms with Gasteiger partial charge in [0.05, 0.1) is 5.69 Å². The molecular weight excluding hydrogens is 315 g/mol. The Hall–Kier alpha value is -1.63. The summed E-state index contributed by atoms with van der Waals surface area (Å²) in [6.45, 7) is 0.121. The van der Waals surface area contributed by atoms with Crippen molar-refractivity contribution in [2.45, 2.75) is 11.3 Å². The van der Waals surface area contributed by atoms with Gasteiger partial charge in [-0.25, -0.2) is 17.5 Å². The van der Waals surface area contributed by atoms with E-state index in [-0.39, 0.29) is 12.2 Å². The minimum atomic E-state index is -3.98. The maximum Gasteiger partial charge on any atom is 0.245 e. The van der Waals surface area contributed by atoms with Crippen molar-refractivity contribution < 1.29 is 12.8 Å². The van der Waals surface area contributed by atoms with Crippen molar-refractivity contribution in [1.29, 1.82) is 0 Å². The van der Waals surface area contributed by atoms with Crippen LogP contribution < -0.4 is 10.5 Å². The van der Waals surface area contributed by atoms with E-state index >= 15 is 0 Å². The van der Waals surface area contributed by atoms with Gasteiger partial charge in [0.15, 0.2) is 0 Å². The fourth-order valence-corrected chi connectivity index (χ4v) is 3.33. The van der Waals surface area contributed by atoms with Gasteiger partial charge in [0, 0.05) is 11.6 Å². The van der Waals surface area contributed by atoms with Gasteiger partial charge in [-0.1, -0.05) is 29.8 Å². The van der Waals surface area contributed by atoms with E-state index in [1.807, 2.05) is 6.07 Å². The van der Waals surface area contributed by atoms with Crippen LogP contribution in [-0.4, -0.2) is 15.0 Å². The Balaban J connectivity index is 2.09. The molecule has 0 aliphatic rings. The average Bonchev–Trinajstić information content (AvgIpc) is 2.38. The lowest BCUT2D eigenvalue weighted by molar-refractivity contribution is 0.558. The molecule has 0 amide bonds. The number of halogens is 2. The van der Waals surface area contributed by atoms with Crippen LogP contribution in [0, 0.1) is 5.82 Å². The molecule has 0 saturated carbocycles. The van der Waals surface area contributed by atoms with Gasteiger partial charge in [0.2, 0.25) is 10.0 Å². The van der Waals surface area contributed by atoms with Crippen molar-refractivity contribution in [2.75, 3.05) is 12.3 Å². The number of nitrogens with two attached hydrogens (primary N) is 1. The summed E-state index contributed by atoms with van der Waals surface area (Å²) in [4.78, 5) is -0.518. The lowest BCUT2D eigenvalue weighted by Crippen LogP contribution is -2.27. The molecule has 0 spiro atoms. The zero-order chi connectivity index (χ0) is 15.5. The maximum absolute atomic E-state index is 13.6. The molecule has 0 saturated heterocycles. The first-order valence-corrected chi connectivity index (χ1v) is 8.04. The van der Waals surface area contributed by atoms with E-state index in [1.54, 1.807) is 18.2 Å². The molecule has 0 heterocycles. The number of anilines is 1. The summed E-state index contributed by atoms with van der Waals surface area (Å²) in [6, 6.07) is 10.8. The molecule has 0 aliphatic heterocycles. The Kier molecular flexibility index (Phi) is 4.82. The minimum absolute atomic E-state index is 0.120. The van der Waals surface area contributed by atoms with Crippen LogP contribution >= 0.6 is 11.6 Å². The van der Waals surface area contributed by atoms with Gasteiger partial charge in [-0.3, -0.25) is 0 Å². The van der Waals surface area contributed by atoms with Crippen molar-refractivity contribution in [2.24, 2.45) is 0 Å². The Morgan fingerprint density at radius 3 is 2.57 bits per heavy atom. The van der Waals surface area contributed by atoms with Crippen molar-refractivity contribution in [3.8, 4) is 0 Å². The van der Waals surface area contributed by atoms with Crippen LogP contribution in [-0.2, 0) is 16.4 Å². The van der Waals surface area contributed by atoms with Gasteiger partial charge in [-0.15, -0.1) is 0 Å². The predicted molar refractivity (Wildman–Crippen MR) is 81.2 cm³/mol. The van der Waals surface area contributed by atoms with Crippen LogP contribution in [0.3, 0.4) is 0 Å². The first kappa shape index (κ1) is 15.8. The van der Waals surface area contributed by atoms with E-state index in [1.165, 1.54) is 12.1 Å². The smallest absolute Gasteiger partial charge is 0.245 e. The number of nitrogens with one attached hydrogen (secondary N) is 1. The fraction of sp³-hybridized carbons (Fsp3) is 0.143. The molecule has 0 unspecified atom stereocenters. The molecule has 4 nitrogen and oxygen atoms in total. The molecule has 112 valence electrons. The first-order chi connectivity index (χ1) is 9.90. The number of rotatable bonds is 5. The molecule has 0 aromatic heterocycles. The normalized spacial score (nSPS) is 11.5. The zero-order valence-corrected chi connectivity index (χ0v) is 12.6. The summed E-state index contributed by atoms with van der Waals surface area (Å²) in [5, 5.41) is 0.578. The molecule has 0 radical (unpaired) electrons.